The van der Waals surface area contributed by atoms with Crippen LogP contribution in [0.25, 0.3) is 0 Å². The van der Waals surface area contributed by atoms with Crippen LogP contribution in [-0.4, -0.2) is 4.98 Å². The van der Waals surface area contributed by atoms with Crippen molar-refractivity contribution in [2.75, 3.05) is 5.32 Å². The molecule has 18 heavy (non-hydrogen) atoms. The van der Waals surface area contributed by atoms with E-state index in [0.717, 1.165) is 0 Å². The van der Waals surface area contributed by atoms with E-state index in [0.29, 0.717) is 11.7 Å². The Balaban J connectivity index is 1.83. The summed E-state index contributed by atoms with van der Waals surface area (Å²) in [7, 11) is 0. The molecule has 0 radical (unpaired) electrons. The molecule has 2 nitrogen and oxygen atoms in total. The molecule has 92 valence electrons. The topological polar surface area (TPSA) is 24.9 Å². The summed E-state index contributed by atoms with van der Waals surface area (Å²) in [4.78, 5) is 3.87. The van der Waals surface area contributed by atoms with Crippen molar-refractivity contribution < 1.29 is 4.39 Å². The van der Waals surface area contributed by atoms with E-state index in [1.807, 2.05) is 18.2 Å². The Bertz CT molecular complexity index is 523. The van der Waals surface area contributed by atoms with Gasteiger partial charge in [-0.25, -0.2) is 4.98 Å². The molecule has 0 saturated heterocycles. The highest BCUT2D eigenvalue weighted by Crippen LogP contribution is 2.42. The van der Waals surface area contributed by atoms with Crippen LogP contribution in [0.2, 0.25) is 0 Å². The summed E-state index contributed by atoms with van der Waals surface area (Å²) in [5.41, 5.74) is 1.24. The first kappa shape index (κ1) is 11.2. The van der Waals surface area contributed by atoms with Crippen LogP contribution in [0.5, 0.6) is 0 Å². The number of hydrogen-bond donors (Lipinski definition) is 1. The lowest BCUT2D eigenvalue weighted by atomic mass is 10.0. The fraction of sp³-hybridized carbons (Fsp3) is 0.267. The number of aromatic nitrogens is 1. The summed E-state index contributed by atoms with van der Waals surface area (Å²) in [5.74, 6) is 0.802. The lowest BCUT2D eigenvalue weighted by molar-refractivity contribution is 0.581. The Morgan fingerprint density at radius 3 is 2.50 bits per heavy atom. The van der Waals surface area contributed by atoms with Crippen molar-refractivity contribution in [1.29, 1.82) is 0 Å². The van der Waals surface area contributed by atoms with Gasteiger partial charge in [0.1, 0.15) is 5.82 Å². The first-order valence-corrected chi connectivity index (χ1v) is 6.27. The fourth-order valence-electron chi connectivity index (χ4n) is 2.21. The molecule has 1 N–H and O–H groups in total. The average molecular weight is 242 g/mol. The zero-order valence-corrected chi connectivity index (χ0v) is 10.0. The van der Waals surface area contributed by atoms with Gasteiger partial charge in [0, 0.05) is 0 Å². The molecule has 0 bridgehead atoms. The number of halogens is 1. The van der Waals surface area contributed by atoms with Crippen LogP contribution >= 0.6 is 0 Å². The lowest BCUT2D eigenvalue weighted by Gasteiger charge is -2.19. The second-order valence-corrected chi connectivity index (χ2v) is 4.72. The summed E-state index contributed by atoms with van der Waals surface area (Å²) in [6.07, 6.45) is 2.45. The molecule has 3 heteroatoms. The number of nitrogens with one attached hydrogen (secondary N) is 1. The van der Waals surface area contributed by atoms with Crippen LogP contribution in [0.4, 0.5) is 10.2 Å². The van der Waals surface area contributed by atoms with Gasteiger partial charge in [-0.3, -0.25) is 0 Å². The minimum atomic E-state index is -0.442. The SMILES string of the molecule is Fc1cccc(NC(c2ccccc2)C2CC2)n1. The van der Waals surface area contributed by atoms with Gasteiger partial charge in [-0.2, -0.15) is 4.39 Å². The minimum absolute atomic E-state index is 0.237. The molecule has 1 aromatic heterocycles. The van der Waals surface area contributed by atoms with Crippen molar-refractivity contribution in [3.8, 4) is 0 Å². The van der Waals surface area contributed by atoms with Gasteiger partial charge in [0.15, 0.2) is 0 Å². The zero-order valence-electron chi connectivity index (χ0n) is 10.0. The molecule has 1 aromatic carbocycles. The highest BCUT2D eigenvalue weighted by molar-refractivity contribution is 5.39. The van der Waals surface area contributed by atoms with Gasteiger partial charge in [0.25, 0.3) is 0 Å². The van der Waals surface area contributed by atoms with E-state index >= 15 is 0 Å². The molecule has 1 heterocycles. The van der Waals surface area contributed by atoms with Crippen LogP contribution in [-0.2, 0) is 0 Å². The molecule has 1 fully saturated rings. The van der Waals surface area contributed by atoms with Crippen molar-refractivity contribution in [3.63, 3.8) is 0 Å². The molecule has 1 unspecified atom stereocenters. The third kappa shape index (κ3) is 2.50. The Kier molecular flexibility index (Phi) is 2.97. The van der Waals surface area contributed by atoms with Crippen molar-refractivity contribution >= 4 is 5.82 Å². The number of rotatable bonds is 4. The molecule has 2 aromatic rings. The molecule has 1 saturated carbocycles. The molecule has 0 amide bonds. The summed E-state index contributed by atoms with van der Waals surface area (Å²) in [6, 6.07) is 15.4. The third-order valence-corrected chi connectivity index (χ3v) is 3.27. The van der Waals surface area contributed by atoms with Gasteiger partial charge >= 0.3 is 0 Å². The van der Waals surface area contributed by atoms with Gasteiger partial charge in [-0.05, 0) is 36.5 Å². The minimum Gasteiger partial charge on any atom is -0.363 e. The van der Waals surface area contributed by atoms with E-state index in [-0.39, 0.29) is 6.04 Å². The molecule has 3 rings (SSSR count). The predicted molar refractivity (Wildman–Crippen MR) is 69.7 cm³/mol. The Morgan fingerprint density at radius 2 is 1.83 bits per heavy atom. The monoisotopic (exact) mass is 242 g/mol. The summed E-state index contributed by atoms with van der Waals surface area (Å²) < 4.78 is 13.1. The molecule has 0 aliphatic heterocycles. The van der Waals surface area contributed by atoms with Crippen LogP contribution < -0.4 is 5.32 Å². The van der Waals surface area contributed by atoms with E-state index in [1.165, 1.54) is 24.5 Å². The van der Waals surface area contributed by atoms with Gasteiger partial charge in [-0.1, -0.05) is 36.4 Å². The molecule has 1 aliphatic rings. The van der Waals surface area contributed by atoms with E-state index in [2.05, 4.69) is 22.4 Å². The van der Waals surface area contributed by atoms with E-state index in [1.54, 1.807) is 12.1 Å². The highest BCUT2D eigenvalue weighted by Gasteiger charge is 2.32. The summed E-state index contributed by atoms with van der Waals surface area (Å²) in [5, 5.41) is 3.35. The predicted octanol–water partition coefficient (Wildman–Crippen LogP) is 3.78. The number of anilines is 1. The number of hydrogen-bond acceptors (Lipinski definition) is 2. The summed E-state index contributed by atoms with van der Waals surface area (Å²) >= 11 is 0. The molecule has 1 aliphatic carbocycles. The second-order valence-electron chi connectivity index (χ2n) is 4.72. The third-order valence-electron chi connectivity index (χ3n) is 3.27. The van der Waals surface area contributed by atoms with E-state index < -0.39 is 5.95 Å². The molecular formula is C15H15FN2. The average Bonchev–Trinajstić information content (AvgIpc) is 3.21. The number of benzene rings is 1. The number of nitrogens with zero attached hydrogens (tertiary/aromatic N) is 1. The van der Waals surface area contributed by atoms with Crippen LogP contribution in [0, 0.1) is 11.9 Å². The largest absolute Gasteiger partial charge is 0.363 e. The van der Waals surface area contributed by atoms with E-state index in [4.69, 9.17) is 0 Å². The van der Waals surface area contributed by atoms with Crippen molar-refractivity contribution in [1.82, 2.24) is 4.98 Å². The Labute approximate surface area is 106 Å². The van der Waals surface area contributed by atoms with Gasteiger partial charge in [0.05, 0.1) is 6.04 Å². The van der Waals surface area contributed by atoms with Crippen molar-refractivity contribution in [2.24, 2.45) is 5.92 Å². The standard InChI is InChI=1S/C15H15FN2/c16-13-7-4-8-14(17-13)18-15(12-9-10-12)11-5-2-1-3-6-11/h1-8,12,15H,9-10H2,(H,17,18). The van der Waals surface area contributed by atoms with Gasteiger partial charge in [-0.15, -0.1) is 0 Å². The number of pyridine rings is 1. The normalized spacial score (nSPS) is 16.3. The smallest absolute Gasteiger partial charge is 0.214 e. The van der Waals surface area contributed by atoms with E-state index in [9.17, 15) is 4.39 Å². The summed E-state index contributed by atoms with van der Waals surface area (Å²) in [6.45, 7) is 0. The van der Waals surface area contributed by atoms with Crippen LogP contribution in [0.1, 0.15) is 24.4 Å². The van der Waals surface area contributed by atoms with Crippen molar-refractivity contribution in [2.45, 2.75) is 18.9 Å². The van der Waals surface area contributed by atoms with Crippen LogP contribution in [0.15, 0.2) is 48.5 Å². The van der Waals surface area contributed by atoms with Gasteiger partial charge in [0.2, 0.25) is 5.95 Å². The Morgan fingerprint density at radius 1 is 1.06 bits per heavy atom. The Hall–Kier alpha value is -1.90. The maximum absolute atomic E-state index is 13.1. The van der Waals surface area contributed by atoms with Crippen molar-refractivity contribution in [3.05, 3.63) is 60.0 Å². The molecule has 1 atom stereocenters. The zero-order chi connectivity index (χ0) is 12.4. The maximum atomic E-state index is 13.1. The quantitative estimate of drug-likeness (QED) is 0.825. The maximum Gasteiger partial charge on any atom is 0.214 e. The van der Waals surface area contributed by atoms with Crippen LogP contribution in [0.3, 0.4) is 0 Å². The first-order valence-electron chi connectivity index (χ1n) is 6.27. The second kappa shape index (κ2) is 4.77. The van der Waals surface area contributed by atoms with Gasteiger partial charge < -0.3 is 5.32 Å². The fourth-order valence-corrected chi connectivity index (χ4v) is 2.21. The molecule has 0 spiro atoms. The lowest BCUT2D eigenvalue weighted by Crippen LogP contribution is -2.13. The highest BCUT2D eigenvalue weighted by atomic mass is 19.1. The first-order chi connectivity index (χ1) is 8.83. The molecular weight excluding hydrogens is 227 g/mol.